The fourth-order valence-electron chi connectivity index (χ4n) is 2.04. The second-order valence-corrected chi connectivity index (χ2v) is 5.24. The van der Waals surface area contributed by atoms with E-state index in [9.17, 15) is 9.90 Å². The van der Waals surface area contributed by atoms with Gasteiger partial charge in [0.05, 0.1) is 5.41 Å². The Morgan fingerprint density at radius 2 is 2.00 bits per heavy atom. The Morgan fingerprint density at radius 1 is 1.33 bits per heavy atom. The minimum Gasteiger partial charge on any atom is -0.486 e. The molecule has 4 heteroatoms. The van der Waals surface area contributed by atoms with Crippen molar-refractivity contribution in [2.75, 3.05) is 13.2 Å². The maximum absolute atomic E-state index is 11.2. The van der Waals surface area contributed by atoms with Gasteiger partial charge in [-0.1, -0.05) is 6.07 Å². The topological polar surface area (TPSA) is 55.8 Å². The van der Waals surface area contributed by atoms with Crippen LogP contribution in [0.15, 0.2) is 12.1 Å². The normalized spacial score (nSPS) is 14.4. The predicted octanol–water partition coefficient (Wildman–Crippen LogP) is 2.42. The first-order chi connectivity index (χ1) is 8.42. The number of carbonyl (C=O) groups is 1. The maximum Gasteiger partial charge on any atom is 0.309 e. The first kappa shape index (κ1) is 12.7. The molecule has 0 spiro atoms. The molecule has 1 heterocycles. The molecule has 1 aromatic carbocycles. The summed E-state index contributed by atoms with van der Waals surface area (Å²) in [7, 11) is 0. The maximum atomic E-state index is 11.2. The van der Waals surface area contributed by atoms with E-state index in [-0.39, 0.29) is 0 Å². The van der Waals surface area contributed by atoms with Gasteiger partial charge in [-0.3, -0.25) is 4.79 Å². The SMILES string of the molecule is Cc1c(CC(C)(C)C(=O)O)ccc2c1OCCO2. The van der Waals surface area contributed by atoms with E-state index in [4.69, 9.17) is 9.47 Å². The van der Waals surface area contributed by atoms with Crippen LogP contribution in [0, 0.1) is 12.3 Å². The third kappa shape index (κ3) is 2.28. The van der Waals surface area contributed by atoms with Crippen LogP contribution in [0.2, 0.25) is 0 Å². The van der Waals surface area contributed by atoms with Crippen molar-refractivity contribution in [2.24, 2.45) is 5.41 Å². The molecule has 0 fully saturated rings. The minimum atomic E-state index is -0.795. The number of rotatable bonds is 3. The van der Waals surface area contributed by atoms with Crippen molar-refractivity contribution in [2.45, 2.75) is 27.2 Å². The van der Waals surface area contributed by atoms with Crippen LogP contribution in [0.4, 0.5) is 0 Å². The Labute approximate surface area is 107 Å². The molecule has 0 atom stereocenters. The van der Waals surface area contributed by atoms with Gasteiger partial charge in [-0.15, -0.1) is 0 Å². The number of fused-ring (bicyclic) bond motifs is 1. The summed E-state index contributed by atoms with van der Waals surface area (Å²) < 4.78 is 11.1. The minimum absolute atomic E-state index is 0.477. The third-order valence-corrected chi connectivity index (χ3v) is 3.28. The van der Waals surface area contributed by atoms with Gasteiger partial charge >= 0.3 is 5.97 Å². The Kier molecular flexibility index (Phi) is 3.20. The lowest BCUT2D eigenvalue weighted by Gasteiger charge is -2.24. The predicted molar refractivity (Wildman–Crippen MR) is 67.3 cm³/mol. The number of aliphatic carboxylic acids is 1. The second-order valence-electron chi connectivity index (χ2n) is 5.24. The van der Waals surface area contributed by atoms with Crippen molar-refractivity contribution in [3.8, 4) is 11.5 Å². The lowest BCUT2D eigenvalue weighted by atomic mass is 9.84. The highest BCUT2D eigenvalue weighted by Crippen LogP contribution is 2.37. The van der Waals surface area contributed by atoms with E-state index >= 15 is 0 Å². The van der Waals surface area contributed by atoms with E-state index < -0.39 is 11.4 Å². The average molecular weight is 250 g/mol. The molecule has 1 aliphatic rings. The summed E-state index contributed by atoms with van der Waals surface area (Å²) in [5.41, 5.74) is 1.18. The fourth-order valence-corrected chi connectivity index (χ4v) is 2.04. The van der Waals surface area contributed by atoms with Crippen LogP contribution in [-0.4, -0.2) is 24.3 Å². The van der Waals surface area contributed by atoms with E-state index in [2.05, 4.69) is 0 Å². The second kappa shape index (κ2) is 4.52. The van der Waals surface area contributed by atoms with Gasteiger partial charge in [-0.2, -0.15) is 0 Å². The van der Waals surface area contributed by atoms with E-state index in [1.807, 2.05) is 19.1 Å². The number of hydrogen-bond donors (Lipinski definition) is 1. The highest BCUT2D eigenvalue weighted by molar-refractivity contribution is 5.74. The fraction of sp³-hybridized carbons (Fsp3) is 0.500. The number of carboxylic acids is 1. The summed E-state index contributed by atoms with van der Waals surface area (Å²) in [6.45, 7) is 6.50. The first-order valence-electron chi connectivity index (χ1n) is 6.03. The molecule has 0 saturated carbocycles. The molecule has 1 aromatic rings. The number of benzene rings is 1. The van der Waals surface area contributed by atoms with Gasteiger partial charge in [-0.05, 0) is 44.4 Å². The zero-order valence-electron chi connectivity index (χ0n) is 10.9. The van der Waals surface area contributed by atoms with Crippen LogP contribution in [0.1, 0.15) is 25.0 Å². The van der Waals surface area contributed by atoms with Gasteiger partial charge in [0.15, 0.2) is 11.5 Å². The average Bonchev–Trinajstić information content (AvgIpc) is 2.33. The Bertz CT molecular complexity index is 477. The molecule has 0 saturated heterocycles. The van der Waals surface area contributed by atoms with Crippen LogP contribution >= 0.6 is 0 Å². The van der Waals surface area contributed by atoms with Crippen LogP contribution in [0.5, 0.6) is 11.5 Å². The smallest absolute Gasteiger partial charge is 0.309 e. The van der Waals surface area contributed by atoms with Gasteiger partial charge < -0.3 is 14.6 Å². The standard InChI is InChI=1S/C14H18O4/c1-9-10(8-14(2,3)13(15)16)4-5-11-12(9)18-7-6-17-11/h4-5H,6-8H2,1-3H3,(H,15,16). The van der Waals surface area contributed by atoms with E-state index in [1.54, 1.807) is 13.8 Å². The zero-order valence-corrected chi connectivity index (χ0v) is 10.9. The number of hydrogen-bond acceptors (Lipinski definition) is 3. The molecule has 0 radical (unpaired) electrons. The summed E-state index contributed by atoms with van der Waals surface area (Å²) >= 11 is 0. The van der Waals surface area contributed by atoms with Crippen LogP contribution in [0.3, 0.4) is 0 Å². The summed E-state index contributed by atoms with van der Waals surface area (Å²) in [5.74, 6) is 0.701. The van der Waals surface area contributed by atoms with Crippen LogP contribution < -0.4 is 9.47 Å². The third-order valence-electron chi connectivity index (χ3n) is 3.28. The summed E-state index contributed by atoms with van der Waals surface area (Å²) in [6.07, 6.45) is 0.477. The largest absolute Gasteiger partial charge is 0.486 e. The molecular formula is C14H18O4. The zero-order chi connectivity index (χ0) is 13.3. The van der Waals surface area contributed by atoms with Crippen molar-refractivity contribution in [3.63, 3.8) is 0 Å². The quantitative estimate of drug-likeness (QED) is 0.895. The number of ether oxygens (including phenoxy) is 2. The molecule has 0 amide bonds. The molecule has 18 heavy (non-hydrogen) atoms. The summed E-state index contributed by atoms with van der Waals surface area (Å²) in [4.78, 5) is 11.2. The van der Waals surface area contributed by atoms with E-state index in [1.165, 1.54) is 0 Å². The molecule has 1 aliphatic heterocycles. The molecular weight excluding hydrogens is 232 g/mol. The lowest BCUT2D eigenvalue weighted by Crippen LogP contribution is -2.26. The molecule has 0 aliphatic carbocycles. The molecule has 1 N–H and O–H groups in total. The van der Waals surface area contributed by atoms with Crippen molar-refractivity contribution < 1.29 is 19.4 Å². The summed E-state index contributed by atoms with van der Waals surface area (Å²) in [6, 6.07) is 3.78. The molecule has 4 nitrogen and oxygen atoms in total. The van der Waals surface area contributed by atoms with E-state index in [0.717, 1.165) is 22.6 Å². The monoisotopic (exact) mass is 250 g/mol. The number of carboxylic acid groups (broad SMARTS) is 1. The van der Waals surface area contributed by atoms with Gasteiger partial charge in [0.1, 0.15) is 13.2 Å². The van der Waals surface area contributed by atoms with Crippen LogP contribution in [-0.2, 0) is 11.2 Å². The van der Waals surface area contributed by atoms with Gasteiger partial charge in [-0.25, -0.2) is 0 Å². The molecule has 0 aromatic heterocycles. The summed E-state index contributed by atoms with van der Waals surface area (Å²) in [5, 5.41) is 9.18. The van der Waals surface area contributed by atoms with Crippen molar-refractivity contribution in [1.29, 1.82) is 0 Å². The van der Waals surface area contributed by atoms with Crippen molar-refractivity contribution in [1.82, 2.24) is 0 Å². The van der Waals surface area contributed by atoms with Gasteiger partial charge in [0.2, 0.25) is 0 Å². The Morgan fingerprint density at radius 3 is 2.67 bits per heavy atom. The first-order valence-corrected chi connectivity index (χ1v) is 6.03. The van der Waals surface area contributed by atoms with E-state index in [0.29, 0.717) is 19.6 Å². The Hall–Kier alpha value is -1.71. The van der Waals surface area contributed by atoms with Gasteiger partial charge in [0.25, 0.3) is 0 Å². The van der Waals surface area contributed by atoms with Crippen molar-refractivity contribution >= 4 is 5.97 Å². The highest BCUT2D eigenvalue weighted by atomic mass is 16.6. The molecule has 0 bridgehead atoms. The lowest BCUT2D eigenvalue weighted by molar-refractivity contribution is -0.146. The molecule has 0 unspecified atom stereocenters. The van der Waals surface area contributed by atoms with Crippen molar-refractivity contribution in [3.05, 3.63) is 23.3 Å². The molecule has 98 valence electrons. The highest BCUT2D eigenvalue weighted by Gasteiger charge is 2.29. The Balaban J connectivity index is 2.33. The van der Waals surface area contributed by atoms with Gasteiger partial charge in [0, 0.05) is 0 Å². The molecule has 2 rings (SSSR count). The van der Waals surface area contributed by atoms with Crippen LogP contribution in [0.25, 0.3) is 0 Å².